The normalized spacial score (nSPS) is 15.5. The van der Waals surface area contributed by atoms with Crippen LogP contribution in [0.15, 0.2) is 48.5 Å². The van der Waals surface area contributed by atoms with E-state index in [4.69, 9.17) is 4.74 Å². The maximum absolute atomic E-state index is 13.2. The van der Waals surface area contributed by atoms with Gasteiger partial charge in [0.1, 0.15) is 18.1 Å². The lowest BCUT2D eigenvalue weighted by Crippen LogP contribution is -2.49. The Morgan fingerprint density at radius 2 is 1.96 bits per heavy atom. The summed E-state index contributed by atoms with van der Waals surface area (Å²) in [6.07, 6.45) is -0.704. The lowest BCUT2D eigenvalue weighted by molar-refractivity contribution is -0.134. The molecule has 0 aliphatic carbocycles. The first kappa shape index (κ1) is 19.3. The van der Waals surface area contributed by atoms with E-state index in [1.54, 1.807) is 37.3 Å². The summed E-state index contributed by atoms with van der Waals surface area (Å²) in [4.78, 5) is 39.7. The highest BCUT2D eigenvalue weighted by Crippen LogP contribution is 2.33. The van der Waals surface area contributed by atoms with Crippen LogP contribution in [0, 0.1) is 5.82 Å². The van der Waals surface area contributed by atoms with Crippen molar-refractivity contribution in [3.05, 3.63) is 54.3 Å². The second kappa shape index (κ2) is 8.08. The van der Waals surface area contributed by atoms with Crippen molar-refractivity contribution >= 4 is 29.1 Å². The molecule has 0 aromatic heterocycles. The number of halogens is 1. The molecule has 0 saturated carbocycles. The summed E-state index contributed by atoms with van der Waals surface area (Å²) in [5, 5.41) is 2.53. The second-order valence-electron chi connectivity index (χ2n) is 6.46. The maximum atomic E-state index is 13.2. The topological polar surface area (TPSA) is 79.0 Å². The molecular formula is C20H20FN3O4. The number of likely N-dealkylation sites (N-methyl/N-ethyl adjacent to an activating group) is 1. The number of amides is 3. The van der Waals surface area contributed by atoms with Gasteiger partial charge in [-0.2, -0.15) is 0 Å². The van der Waals surface area contributed by atoms with Crippen LogP contribution in [0.3, 0.4) is 0 Å². The highest BCUT2D eigenvalue weighted by atomic mass is 19.1. The molecule has 3 amide bonds. The van der Waals surface area contributed by atoms with Crippen molar-refractivity contribution in [3.63, 3.8) is 0 Å². The third-order valence-corrected chi connectivity index (χ3v) is 4.28. The zero-order chi connectivity index (χ0) is 20.3. The second-order valence-corrected chi connectivity index (χ2v) is 6.46. The predicted molar refractivity (Wildman–Crippen MR) is 102 cm³/mol. The number of nitrogens with zero attached hydrogens (tertiary/aromatic N) is 2. The summed E-state index contributed by atoms with van der Waals surface area (Å²) in [5.74, 6) is -1.16. The Hall–Kier alpha value is -3.42. The van der Waals surface area contributed by atoms with Gasteiger partial charge in [-0.25, -0.2) is 4.39 Å². The molecule has 0 bridgehead atoms. The minimum absolute atomic E-state index is 0.215. The molecule has 0 fully saturated rings. The Morgan fingerprint density at radius 1 is 1.21 bits per heavy atom. The fourth-order valence-corrected chi connectivity index (χ4v) is 2.85. The van der Waals surface area contributed by atoms with Crippen LogP contribution in [0.2, 0.25) is 0 Å². The van der Waals surface area contributed by atoms with Gasteiger partial charge in [0.15, 0.2) is 6.10 Å². The summed E-state index contributed by atoms with van der Waals surface area (Å²) in [5.41, 5.74) is 0.813. The van der Waals surface area contributed by atoms with Crippen molar-refractivity contribution < 1.29 is 23.5 Å². The number of benzene rings is 2. The average molecular weight is 385 g/mol. The Balaban J connectivity index is 1.64. The molecule has 1 aliphatic heterocycles. The first-order valence-electron chi connectivity index (χ1n) is 8.71. The molecule has 28 heavy (non-hydrogen) atoms. The minimum Gasteiger partial charge on any atom is -0.479 e. The number of ether oxygens (including phenoxy) is 1. The van der Waals surface area contributed by atoms with Crippen LogP contribution >= 0.6 is 0 Å². The van der Waals surface area contributed by atoms with Crippen LogP contribution in [-0.4, -0.2) is 48.9 Å². The van der Waals surface area contributed by atoms with Gasteiger partial charge in [-0.05, 0) is 37.3 Å². The zero-order valence-corrected chi connectivity index (χ0v) is 15.5. The Bertz CT molecular complexity index is 918. The van der Waals surface area contributed by atoms with Crippen LogP contribution in [-0.2, 0) is 14.4 Å². The first-order chi connectivity index (χ1) is 13.3. The number of hydrogen-bond donors (Lipinski definition) is 1. The van der Waals surface area contributed by atoms with Gasteiger partial charge in [-0.15, -0.1) is 0 Å². The SMILES string of the molecule is C[C@@H]1Oc2ccccc2N(CC(=O)N(C)CC(=O)Nc2cccc(F)c2)C1=O. The Kier molecular flexibility index (Phi) is 5.58. The maximum Gasteiger partial charge on any atom is 0.268 e. The van der Waals surface area contributed by atoms with Gasteiger partial charge in [0, 0.05) is 12.7 Å². The standard InChI is InChI=1S/C20H20FN3O4/c1-13-20(27)24(16-8-3-4-9-17(16)28-13)12-19(26)23(2)11-18(25)22-15-7-5-6-14(21)10-15/h3-10,13H,11-12H2,1-2H3,(H,22,25)/t13-/m0/s1. The van der Waals surface area contributed by atoms with Crippen LogP contribution in [0.5, 0.6) is 5.75 Å². The van der Waals surface area contributed by atoms with E-state index < -0.39 is 23.7 Å². The van der Waals surface area contributed by atoms with E-state index in [-0.39, 0.29) is 19.0 Å². The Labute approximate surface area is 161 Å². The van der Waals surface area contributed by atoms with Gasteiger partial charge in [-0.1, -0.05) is 18.2 Å². The van der Waals surface area contributed by atoms with Crippen molar-refractivity contribution in [3.8, 4) is 5.75 Å². The molecule has 1 aliphatic rings. The van der Waals surface area contributed by atoms with Crippen LogP contribution in [0.4, 0.5) is 15.8 Å². The molecule has 2 aromatic carbocycles. The molecule has 0 unspecified atom stereocenters. The minimum atomic E-state index is -0.704. The van der Waals surface area contributed by atoms with Crippen molar-refractivity contribution in [2.45, 2.75) is 13.0 Å². The van der Waals surface area contributed by atoms with Crippen LogP contribution in [0.25, 0.3) is 0 Å². The summed E-state index contributed by atoms with van der Waals surface area (Å²) >= 11 is 0. The van der Waals surface area contributed by atoms with Gasteiger partial charge >= 0.3 is 0 Å². The van der Waals surface area contributed by atoms with Crippen molar-refractivity contribution in [1.29, 1.82) is 0 Å². The van der Waals surface area contributed by atoms with Gasteiger partial charge in [0.2, 0.25) is 11.8 Å². The highest BCUT2D eigenvalue weighted by molar-refractivity contribution is 6.04. The van der Waals surface area contributed by atoms with Crippen LogP contribution < -0.4 is 15.0 Å². The number of fused-ring (bicyclic) bond motifs is 1. The van der Waals surface area contributed by atoms with Gasteiger partial charge in [-0.3, -0.25) is 19.3 Å². The molecule has 3 rings (SSSR count). The lowest BCUT2D eigenvalue weighted by atomic mass is 10.2. The van der Waals surface area contributed by atoms with E-state index in [1.807, 2.05) is 0 Å². The van der Waals surface area contributed by atoms with Gasteiger partial charge in [0.05, 0.1) is 12.2 Å². The molecule has 1 heterocycles. The Morgan fingerprint density at radius 3 is 2.71 bits per heavy atom. The number of hydrogen-bond acceptors (Lipinski definition) is 4. The van der Waals surface area contributed by atoms with E-state index in [0.717, 1.165) is 0 Å². The number of carbonyl (C=O) groups is 3. The fourth-order valence-electron chi connectivity index (χ4n) is 2.85. The molecule has 7 nitrogen and oxygen atoms in total. The molecule has 146 valence electrons. The van der Waals surface area contributed by atoms with E-state index >= 15 is 0 Å². The van der Waals surface area contributed by atoms with Gasteiger partial charge < -0.3 is 15.0 Å². The number of rotatable bonds is 5. The molecular weight excluding hydrogens is 365 g/mol. The third kappa shape index (κ3) is 4.28. The number of nitrogens with one attached hydrogen (secondary N) is 1. The molecule has 0 spiro atoms. The summed E-state index contributed by atoms with van der Waals surface area (Å²) < 4.78 is 18.7. The molecule has 1 N–H and O–H groups in total. The summed E-state index contributed by atoms with van der Waals surface area (Å²) in [6.45, 7) is 1.17. The largest absolute Gasteiger partial charge is 0.479 e. The average Bonchev–Trinajstić information content (AvgIpc) is 2.65. The third-order valence-electron chi connectivity index (χ3n) is 4.28. The fraction of sp³-hybridized carbons (Fsp3) is 0.250. The monoisotopic (exact) mass is 385 g/mol. The van der Waals surface area contributed by atoms with E-state index in [1.165, 1.54) is 35.0 Å². The smallest absolute Gasteiger partial charge is 0.268 e. The predicted octanol–water partition coefficient (Wildman–Crippen LogP) is 2.04. The number of anilines is 2. The lowest BCUT2D eigenvalue weighted by Gasteiger charge is -2.33. The molecule has 8 heteroatoms. The summed E-state index contributed by atoms with van der Waals surface area (Å²) in [7, 11) is 1.47. The molecule has 0 saturated heterocycles. The highest BCUT2D eigenvalue weighted by Gasteiger charge is 2.33. The molecule has 2 aromatic rings. The van der Waals surface area contributed by atoms with E-state index in [9.17, 15) is 18.8 Å². The summed E-state index contributed by atoms with van der Waals surface area (Å²) in [6, 6.07) is 12.4. The number of para-hydroxylation sites is 2. The molecule has 0 radical (unpaired) electrons. The van der Waals surface area contributed by atoms with Crippen molar-refractivity contribution in [1.82, 2.24) is 4.90 Å². The number of carbonyl (C=O) groups excluding carboxylic acids is 3. The quantitative estimate of drug-likeness (QED) is 0.854. The van der Waals surface area contributed by atoms with Crippen molar-refractivity contribution in [2.75, 3.05) is 30.4 Å². The van der Waals surface area contributed by atoms with E-state index in [0.29, 0.717) is 17.1 Å². The van der Waals surface area contributed by atoms with Crippen LogP contribution in [0.1, 0.15) is 6.92 Å². The van der Waals surface area contributed by atoms with Crippen molar-refractivity contribution in [2.24, 2.45) is 0 Å². The van der Waals surface area contributed by atoms with Gasteiger partial charge in [0.25, 0.3) is 5.91 Å². The van der Waals surface area contributed by atoms with E-state index in [2.05, 4.69) is 5.32 Å². The first-order valence-corrected chi connectivity index (χ1v) is 8.71. The molecule has 1 atom stereocenters. The zero-order valence-electron chi connectivity index (χ0n) is 15.5.